The minimum atomic E-state index is -0.991. The second-order valence-electron chi connectivity index (χ2n) is 3.91. The van der Waals surface area contributed by atoms with Crippen LogP contribution >= 0.6 is 11.8 Å². The van der Waals surface area contributed by atoms with Crippen LogP contribution < -0.4 is 11.1 Å². The van der Waals surface area contributed by atoms with Gasteiger partial charge in [-0.25, -0.2) is 8.78 Å². The first-order valence-electron chi connectivity index (χ1n) is 5.23. The van der Waals surface area contributed by atoms with Crippen molar-refractivity contribution in [2.45, 2.75) is 23.8 Å². The van der Waals surface area contributed by atoms with E-state index in [1.54, 1.807) is 0 Å². The molecule has 0 unspecified atom stereocenters. The number of carbonyl (C=O) groups excluding carboxylic acids is 1. The Bertz CT molecular complexity index is 449. The number of nitrogens with one attached hydrogen (secondary N) is 1. The van der Waals surface area contributed by atoms with Crippen molar-refractivity contribution in [3.63, 3.8) is 0 Å². The Morgan fingerprint density at radius 3 is 2.82 bits per heavy atom. The topological polar surface area (TPSA) is 55.1 Å². The largest absolute Gasteiger partial charge is 0.398 e. The summed E-state index contributed by atoms with van der Waals surface area (Å²) in [6.07, 6.45) is 1.99. The van der Waals surface area contributed by atoms with Crippen molar-refractivity contribution in [3.8, 4) is 0 Å². The van der Waals surface area contributed by atoms with Gasteiger partial charge in [-0.2, -0.15) is 0 Å². The van der Waals surface area contributed by atoms with E-state index in [2.05, 4.69) is 5.32 Å². The zero-order valence-corrected chi connectivity index (χ0v) is 9.82. The molecule has 92 valence electrons. The zero-order valence-electron chi connectivity index (χ0n) is 9.00. The number of halogens is 2. The molecule has 1 fully saturated rings. The van der Waals surface area contributed by atoms with Crippen molar-refractivity contribution in [2.75, 3.05) is 11.5 Å². The highest BCUT2D eigenvalue weighted by Gasteiger charge is 2.23. The monoisotopic (exact) mass is 258 g/mol. The summed E-state index contributed by atoms with van der Waals surface area (Å²) in [5, 5.41) is 2.76. The third kappa shape index (κ3) is 3.09. The first-order valence-corrected chi connectivity index (χ1v) is 6.22. The van der Waals surface area contributed by atoms with Gasteiger partial charge in [0.2, 0.25) is 5.91 Å². The average Bonchev–Trinajstić information content (AvgIpc) is 3.07. The van der Waals surface area contributed by atoms with Crippen molar-refractivity contribution >= 4 is 23.4 Å². The van der Waals surface area contributed by atoms with E-state index in [0.717, 1.165) is 30.7 Å². The molecule has 0 saturated heterocycles. The highest BCUT2D eigenvalue weighted by molar-refractivity contribution is 8.00. The second-order valence-corrected chi connectivity index (χ2v) is 4.90. The van der Waals surface area contributed by atoms with E-state index in [9.17, 15) is 13.6 Å². The molecule has 0 spiro atoms. The van der Waals surface area contributed by atoms with Crippen molar-refractivity contribution in [1.82, 2.24) is 5.32 Å². The standard InChI is InChI=1S/C11H12F2N2OS/c12-7-3-4-8(14)11(10(7)13)17-5-9(16)15-6-1-2-6/h3-4,6H,1-2,5,14H2,(H,15,16). The summed E-state index contributed by atoms with van der Waals surface area (Å²) < 4.78 is 26.3. The third-order valence-electron chi connectivity index (χ3n) is 2.37. The van der Waals surface area contributed by atoms with Crippen LogP contribution in [0.25, 0.3) is 0 Å². The fourth-order valence-corrected chi connectivity index (χ4v) is 2.15. The van der Waals surface area contributed by atoms with Gasteiger partial charge in [-0.05, 0) is 25.0 Å². The number of thioether (sulfide) groups is 1. The van der Waals surface area contributed by atoms with Crippen LogP contribution in [0.1, 0.15) is 12.8 Å². The van der Waals surface area contributed by atoms with Crippen molar-refractivity contribution < 1.29 is 13.6 Å². The molecule has 0 aromatic heterocycles. The first-order chi connectivity index (χ1) is 8.08. The molecule has 17 heavy (non-hydrogen) atoms. The second kappa shape index (κ2) is 4.91. The molecule has 1 amide bonds. The lowest BCUT2D eigenvalue weighted by Crippen LogP contribution is -2.27. The fraction of sp³-hybridized carbons (Fsp3) is 0.364. The minimum absolute atomic E-state index is 0.00375. The molecule has 0 bridgehead atoms. The number of anilines is 1. The lowest BCUT2D eigenvalue weighted by atomic mass is 10.3. The van der Waals surface area contributed by atoms with E-state index in [1.165, 1.54) is 6.07 Å². The molecule has 6 heteroatoms. The Labute approximate surface area is 102 Å². The molecular weight excluding hydrogens is 246 g/mol. The van der Waals surface area contributed by atoms with Crippen LogP contribution in [0.4, 0.5) is 14.5 Å². The van der Waals surface area contributed by atoms with Gasteiger partial charge in [-0.1, -0.05) is 0 Å². The van der Waals surface area contributed by atoms with Gasteiger partial charge in [0, 0.05) is 11.7 Å². The van der Waals surface area contributed by atoms with Crippen LogP contribution in [-0.2, 0) is 4.79 Å². The highest BCUT2D eigenvalue weighted by Crippen LogP contribution is 2.29. The van der Waals surface area contributed by atoms with Crippen molar-refractivity contribution in [2.24, 2.45) is 0 Å². The van der Waals surface area contributed by atoms with Crippen molar-refractivity contribution in [1.29, 1.82) is 0 Å². The predicted molar refractivity (Wildman–Crippen MR) is 62.7 cm³/mol. The Balaban J connectivity index is 1.97. The van der Waals surface area contributed by atoms with Gasteiger partial charge in [-0.3, -0.25) is 4.79 Å². The van der Waals surface area contributed by atoms with Crippen molar-refractivity contribution in [3.05, 3.63) is 23.8 Å². The molecule has 1 aliphatic rings. The summed E-state index contributed by atoms with van der Waals surface area (Å²) in [6.45, 7) is 0. The number of nitrogens with two attached hydrogens (primary N) is 1. The van der Waals surface area contributed by atoms with Gasteiger partial charge in [0.15, 0.2) is 11.6 Å². The van der Waals surface area contributed by atoms with Crippen LogP contribution in [0, 0.1) is 11.6 Å². The Morgan fingerprint density at radius 2 is 2.18 bits per heavy atom. The van der Waals surface area contributed by atoms with E-state index in [1.807, 2.05) is 0 Å². The Hall–Kier alpha value is -1.30. The quantitative estimate of drug-likeness (QED) is 0.641. The van der Waals surface area contributed by atoms with E-state index in [0.29, 0.717) is 0 Å². The zero-order chi connectivity index (χ0) is 12.4. The molecule has 2 rings (SSSR count). The number of hydrogen-bond acceptors (Lipinski definition) is 3. The van der Waals surface area contributed by atoms with E-state index in [4.69, 9.17) is 5.73 Å². The van der Waals surface area contributed by atoms with Gasteiger partial charge in [0.1, 0.15) is 0 Å². The molecule has 3 nitrogen and oxygen atoms in total. The molecule has 1 aromatic rings. The van der Waals surface area contributed by atoms with E-state index < -0.39 is 11.6 Å². The minimum Gasteiger partial charge on any atom is -0.398 e. The number of carbonyl (C=O) groups is 1. The number of benzene rings is 1. The van der Waals surface area contributed by atoms with Gasteiger partial charge < -0.3 is 11.1 Å². The van der Waals surface area contributed by atoms with Gasteiger partial charge in [0.25, 0.3) is 0 Å². The number of rotatable bonds is 4. The number of nitrogen functional groups attached to an aromatic ring is 1. The molecule has 1 aliphatic carbocycles. The third-order valence-corrected chi connectivity index (χ3v) is 3.48. The Kier molecular flexibility index (Phi) is 3.51. The smallest absolute Gasteiger partial charge is 0.230 e. The van der Waals surface area contributed by atoms with Crippen LogP contribution in [0.15, 0.2) is 17.0 Å². The first kappa shape index (κ1) is 12.2. The highest BCUT2D eigenvalue weighted by atomic mass is 32.2. The molecule has 1 saturated carbocycles. The van der Waals surface area contributed by atoms with E-state index >= 15 is 0 Å². The maximum Gasteiger partial charge on any atom is 0.230 e. The summed E-state index contributed by atoms with van der Waals surface area (Å²) in [7, 11) is 0. The van der Waals surface area contributed by atoms with Crippen LogP contribution in [-0.4, -0.2) is 17.7 Å². The molecular formula is C11H12F2N2OS. The van der Waals surface area contributed by atoms with Crippen LogP contribution in [0.2, 0.25) is 0 Å². The molecule has 0 heterocycles. The Morgan fingerprint density at radius 1 is 1.47 bits per heavy atom. The van der Waals surface area contributed by atoms with Gasteiger partial charge in [-0.15, -0.1) is 11.8 Å². The lowest BCUT2D eigenvalue weighted by molar-refractivity contribution is -0.118. The van der Waals surface area contributed by atoms with E-state index in [-0.39, 0.29) is 28.3 Å². The van der Waals surface area contributed by atoms with Gasteiger partial charge >= 0.3 is 0 Å². The normalized spacial score (nSPS) is 14.7. The van der Waals surface area contributed by atoms with Gasteiger partial charge in [0.05, 0.1) is 10.6 Å². The molecule has 0 radical (unpaired) electrons. The summed E-state index contributed by atoms with van der Waals surface area (Å²) in [5.41, 5.74) is 5.68. The molecule has 1 aromatic carbocycles. The number of hydrogen-bond donors (Lipinski definition) is 2. The summed E-state index contributed by atoms with van der Waals surface area (Å²) >= 11 is 0.914. The number of amides is 1. The average molecular weight is 258 g/mol. The van der Waals surface area contributed by atoms with Crippen LogP contribution in [0.3, 0.4) is 0 Å². The van der Waals surface area contributed by atoms with Crippen LogP contribution in [0.5, 0.6) is 0 Å². The summed E-state index contributed by atoms with van der Waals surface area (Å²) in [5.74, 6) is -2.08. The maximum absolute atomic E-state index is 13.4. The summed E-state index contributed by atoms with van der Waals surface area (Å²) in [6, 6.07) is 2.52. The molecule has 0 atom stereocenters. The fourth-order valence-electron chi connectivity index (χ4n) is 1.33. The molecule has 0 aliphatic heterocycles. The summed E-state index contributed by atoms with van der Waals surface area (Å²) in [4.78, 5) is 11.4. The maximum atomic E-state index is 13.4. The molecule has 3 N–H and O–H groups in total. The predicted octanol–water partition coefficient (Wildman–Crippen LogP) is 1.92. The lowest BCUT2D eigenvalue weighted by Gasteiger charge is -2.07. The SMILES string of the molecule is Nc1ccc(F)c(F)c1SCC(=O)NC1CC1.